The van der Waals surface area contributed by atoms with Crippen LogP contribution in [0.1, 0.15) is 5.56 Å². The molecule has 0 aliphatic carbocycles. The number of alkyl halides is 3. The van der Waals surface area contributed by atoms with Crippen molar-refractivity contribution in [1.82, 2.24) is 0 Å². The summed E-state index contributed by atoms with van der Waals surface area (Å²) in [5.74, 6) is 0.00789. The number of carbonyl (C=O) groups is 1. The van der Waals surface area contributed by atoms with Crippen LogP contribution < -0.4 is 4.74 Å². The number of rotatable bonds is 5. The highest BCUT2D eigenvalue weighted by Gasteiger charge is 2.14. The third kappa shape index (κ3) is 3.97. The average molecular weight is 405 g/mol. The van der Waals surface area contributed by atoms with Gasteiger partial charge in [0.05, 0.1) is 8.90 Å². The number of carbonyl (C=O) groups excluding carboxylic acids is 1. The molecule has 0 saturated heterocycles. The van der Waals surface area contributed by atoms with Gasteiger partial charge in [0.25, 0.3) is 0 Å². The van der Waals surface area contributed by atoms with Gasteiger partial charge in [0.2, 0.25) is 0 Å². The van der Waals surface area contributed by atoms with Crippen molar-refractivity contribution in [2.24, 2.45) is 0 Å². The summed E-state index contributed by atoms with van der Waals surface area (Å²) in [5, 5.41) is 0.201. The lowest BCUT2D eigenvalue weighted by Gasteiger charge is -2.11. The highest BCUT2D eigenvalue weighted by Crippen LogP contribution is 2.27. The van der Waals surface area contributed by atoms with E-state index >= 15 is 0 Å². The predicted molar refractivity (Wildman–Crippen MR) is 68.3 cm³/mol. The van der Waals surface area contributed by atoms with Gasteiger partial charge in [0, 0.05) is 12.0 Å². The molecule has 0 saturated carbocycles. The second kappa shape index (κ2) is 6.48. The third-order valence-corrected chi connectivity index (χ3v) is 3.27. The number of halogens is 4. The Morgan fingerprint density at radius 2 is 2.19 bits per heavy atom. The fourth-order valence-electron chi connectivity index (χ4n) is 1.17. The van der Waals surface area contributed by atoms with E-state index < -0.39 is 6.61 Å². The summed E-state index contributed by atoms with van der Waals surface area (Å²) in [7, 11) is 0. The van der Waals surface area contributed by atoms with Crippen LogP contribution in [-0.2, 0) is 11.2 Å². The second-order valence-corrected chi connectivity index (χ2v) is 4.68. The van der Waals surface area contributed by atoms with Crippen molar-refractivity contribution in [3.05, 3.63) is 27.3 Å². The van der Waals surface area contributed by atoms with Gasteiger partial charge in [0.15, 0.2) is 0 Å². The van der Waals surface area contributed by atoms with Crippen molar-refractivity contribution < 1.29 is 18.3 Å². The highest BCUT2D eigenvalue weighted by atomic mass is 127. The zero-order chi connectivity index (χ0) is 12.1. The Labute approximate surface area is 114 Å². The molecule has 16 heavy (non-hydrogen) atoms. The molecule has 0 spiro atoms. The average Bonchev–Trinajstić information content (AvgIpc) is 2.22. The molecular formula is C10H8BrF2IO2. The van der Waals surface area contributed by atoms with E-state index in [4.69, 9.17) is 0 Å². The minimum absolute atomic E-state index is 0.0823. The molecule has 0 fully saturated rings. The van der Waals surface area contributed by atoms with Crippen LogP contribution in [-0.4, -0.2) is 17.7 Å². The normalized spacial score (nSPS) is 10.6. The van der Waals surface area contributed by atoms with Crippen molar-refractivity contribution in [2.75, 3.05) is 5.33 Å². The van der Waals surface area contributed by atoms with Crippen LogP contribution in [0.25, 0.3) is 0 Å². The maximum Gasteiger partial charge on any atom is 0.387 e. The highest BCUT2D eigenvalue weighted by molar-refractivity contribution is 14.1. The lowest BCUT2D eigenvalue weighted by molar-refractivity contribution is -0.116. The first-order chi connectivity index (χ1) is 7.54. The second-order valence-electron chi connectivity index (χ2n) is 2.96. The molecule has 0 unspecified atom stereocenters. The molecule has 0 aliphatic heterocycles. The number of hydrogen-bond donors (Lipinski definition) is 0. The molecule has 1 aromatic carbocycles. The predicted octanol–water partition coefficient (Wildman–Crippen LogP) is 3.40. The van der Waals surface area contributed by atoms with E-state index in [1.165, 1.54) is 0 Å². The smallest absolute Gasteiger partial charge is 0.387 e. The molecule has 0 aromatic heterocycles. The monoisotopic (exact) mass is 404 g/mol. The first-order valence-electron chi connectivity index (χ1n) is 4.34. The number of para-hydroxylation sites is 1. The van der Waals surface area contributed by atoms with E-state index in [2.05, 4.69) is 20.7 Å². The van der Waals surface area contributed by atoms with Crippen molar-refractivity contribution in [3.63, 3.8) is 0 Å². The van der Waals surface area contributed by atoms with E-state index in [-0.39, 0.29) is 23.3 Å². The fourth-order valence-corrected chi connectivity index (χ4v) is 2.05. The molecule has 0 aliphatic rings. The third-order valence-electron chi connectivity index (χ3n) is 1.79. The molecule has 0 heterocycles. The van der Waals surface area contributed by atoms with E-state index in [9.17, 15) is 13.6 Å². The van der Waals surface area contributed by atoms with E-state index in [0.29, 0.717) is 9.13 Å². The Morgan fingerprint density at radius 1 is 1.50 bits per heavy atom. The van der Waals surface area contributed by atoms with Crippen LogP contribution in [0.4, 0.5) is 8.78 Å². The Hall–Kier alpha value is -0.240. The Morgan fingerprint density at radius 3 is 2.75 bits per heavy atom. The van der Waals surface area contributed by atoms with Gasteiger partial charge in [0.1, 0.15) is 11.5 Å². The summed E-state index contributed by atoms with van der Waals surface area (Å²) in [5.41, 5.74) is 0.483. The molecule has 0 radical (unpaired) electrons. The summed E-state index contributed by atoms with van der Waals surface area (Å²) in [6.45, 7) is -2.88. The summed E-state index contributed by atoms with van der Waals surface area (Å²) in [4.78, 5) is 11.2. The van der Waals surface area contributed by atoms with Gasteiger partial charge >= 0.3 is 6.61 Å². The van der Waals surface area contributed by atoms with E-state index in [1.807, 2.05) is 22.6 Å². The number of ketones is 1. The quantitative estimate of drug-likeness (QED) is 0.555. The number of benzene rings is 1. The molecule has 0 atom stereocenters. The number of Topliss-reactive ketones (excluding diaryl/α,β-unsaturated/α-hetero) is 1. The van der Waals surface area contributed by atoms with Crippen molar-refractivity contribution >= 4 is 44.3 Å². The number of ether oxygens (including phenoxy) is 1. The number of hydrogen-bond acceptors (Lipinski definition) is 2. The van der Waals surface area contributed by atoms with Crippen LogP contribution in [0.5, 0.6) is 5.75 Å². The maximum atomic E-state index is 12.2. The summed E-state index contributed by atoms with van der Waals surface area (Å²) in [6, 6.07) is 4.97. The molecule has 6 heteroatoms. The van der Waals surface area contributed by atoms with Crippen LogP contribution in [0.3, 0.4) is 0 Å². The van der Waals surface area contributed by atoms with E-state index in [1.54, 1.807) is 18.2 Å². The van der Waals surface area contributed by atoms with Crippen LogP contribution in [0.2, 0.25) is 0 Å². The summed E-state index contributed by atoms with van der Waals surface area (Å²) < 4.78 is 29.3. The van der Waals surface area contributed by atoms with Gasteiger partial charge in [-0.3, -0.25) is 4.79 Å². The van der Waals surface area contributed by atoms with Gasteiger partial charge in [-0.15, -0.1) is 0 Å². The van der Waals surface area contributed by atoms with Crippen molar-refractivity contribution in [1.29, 1.82) is 0 Å². The van der Waals surface area contributed by atoms with Crippen LogP contribution in [0, 0.1) is 3.57 Å². The minimum Gasteiger partial charge on any atom is -0.433 e. The first-order valence-corrected chi connectivity index (χ1v) is 6.54. The van der Waals surface area contributed by atoms with Crippen LogP contribution >= 0.6 is 38.5 Å². The largest absolute Gasteiger partial charge is 0.433 e. The summed E-state index contributed by atoms with van der Waals surface area (Å²) in [6.07, 6.45) is 0.0874. The topological polar surface area (TPSA) is 26.3 Å². The van der Waals surface area contributed by atoms with Crippen LogP contribution in [0.15, 0.2) is 18.2 Å². The molecule has 0 bridgehead atoms. The van der Waals surface area contributed by atoms with Gasteiger partial charge in [-0.05, 0) is 28.7 Å². The first kappa shape index (κ1) is 13.8. The summed E-state index contributed by atoms with van der Waals surface area (Å²) >= 11 is 4.92. The Balaban J connectivity index is 2.98. The zero-order valence-electron chi connectivity index (χ0n) is 8.05. The lowest BCUT2D eigenvalue weighted by Crippen LogP contribution is -2.10. The maximum absolute atomic E-state index is 12.2. The Kier molecular flexibility index (Phi) is 5.60. The van der Waals surface area contributed by atoms with Gasteiger partial charge in [-0.1, -0.05) is 28.1 Å². The molecule has 1 rings (SSSR count). The molecule has 0 amide bonds. The molecule has 88 valence electrons. The van der Waals surface area contributed by atoms with E-state index in [0.717, 1.165) is 0 Å². The molecule has 0 N–H and O–H groups in total. The lowest BCUT2D eigenvalue weighted by atomic mass is 10.1. The van der Waals surface area contributed by atoms with Crippen molar-refractivity contribution in [2.45, 2.75) is 13.0 Å². The zero-order valence-corrected chi connectivity index (χ0v) is 11.8. The molecular weight excluding hydrogens is 397 g/mol. The van der Waals surface area contributed by atoms with Gasteiger partial charge in [-0.2, -0.15) is 8.78 Å². The fraction of sp³-hybridized carbons (Fsp3) is 0.300. The van der Waals surface area contributed by atoms with Gasteiger partial charge < -0.3 is 4.74 Å². The minimum atomic E-state index is -2.88. The molecule has 2 nitrogen and oxygen atoms in total. The van der Waals surface area contributed by atoms with Crippen molar-refractivity contribution in [3.8, 4) is 5.75 Å². The SMILES string of the molecule is O=C(CBr)Cc1cccc(I)c1OC(F)F. The standard InChI is InChI=1S/C10H8BrF2IO2/c11-5-7(15)4-6-2-1-3-8(14)9(6)16-10(12)13/h1-3,10H,4-5H2. The van der Waals surface area contributed by atoms with Gasteiger partial charge in [-0.25, -0.2) is 0 Å². The molecule has 1 aromatic rings. The Bertz CT molecular complexity index is 385.